The minimum absolute atomic E-state index is 0. The van der Waals surface area contributed by atoms with Gasteiger partial charge in [0.25, 0.3) is 0 Å². The minimum atomic E-state index is -4.64. The van der Waals surface area contributed by atoms with Gasteiger partial charge >= 0.3 is 45.6 Å². The van der Waals surface area contributed by atoms with Crippen LogP contribution < -0.4 is 0 Å². The van der Waals surface area contributed by atoms with Crippen LogP contribution in [0.4, 0.5) is 0 Å². The van der Waals surface area contributed by atoms with Gasteiger partial charge in [0, 0.05) is 27.3 Å². The molecule has 38 valence electrons. The first-order valence-electron chi connectivity index (χ1n) is 0.783. The molecule has 0 aliphatic rings. The standard InChI is InChI=1S/Ca.Cd.H3O4P.2H/c;;1-5(2,3)4;;/h;;(H3,1,2,3,4);;. The normalized spacial score (nSPS) is 8.43. The Balaban J connectivity index is -0.0000000800. The molecule has 0 aliphatic carbocycles. The molecule has 0 spiro atoms. The van der Waals surface area contributed by atoms with Gasteiger partial charge in [-0.05, 0) is 0 Å². The zero-order valence-corrected chi connectivity index (χ0v) is 7.83. The Labute approximate surface area is 90.7 Å². The molecule has 0 aromatic heterocycles. The summed E-state index contributed by atoms with van der Waals surface area (Å²) in [5.41, 5.74) is 0. The number of phosphoric acid groups is 1. The van der Waals surface area contributed by atoms with Gasteiger partial charge < -0.3 is 14.7 Å². The monoisotopic (exact) mass is 254 g/mol. The van der Waals surface area contributed by atoms with E-state index < -0.39 is 7.82 Å². The molecule has 0 aromatic rings. The van der Waals surface area contributed by atoms with E-state index in [2.05, 4.69) is 0 Å². The van der Waals surface area contributed by atoms with Crippen LogP contribution in [0, 0.1) is 0 Å². The van der Waals surface area contributed by atoms with E-state index in [1.165, 1.54) is 0 Å². The van der Waals surface area contributed by atoms with Gasteiger partial charge in [0.05, 0.1) is 0 Å². The summed E-state index contributed by atoms with van der Waals surface area (Å²) in [6.45, 7) is 0. The van der Waals surface area contributed by atoms with Crippen LogP contribution in [0.15, 0.2) is 0 Å². The SMILES string of the molecule is O=P(O)(O)O.[CaH2].[Cd]. The van der Waals surface area contributed by atoms with E-state index in [0.717, 1.165) is 0 Å². The maximum atomic E-state index is 8.88. The van der Waals surface area contributed by atoms with Crippen molar-refractivity contribution >= 4 is 45.6 Å². The van der Waals surface area contributed by atoms with Gasteiger partial charge in [-0.25, -0.2) is 4.57 Å². The smallest absolute Gasteiger partial charge is 0 e. The van der Waals surface area contributed by atoms with E-state index in [9.17, 15) is 0 Å². The van der Waals surface area contributed by atoms with Gasteiger partial charge in [-0.2, -0.15) is 0 Å². The molecule has 0 bridgehead atoms. The van der Waals surface area contributed by atoms with Crippen molar-refractivity contribution < 1.29 is 46.5 Å². The third-order valence-electron chi connectivity index (χ3n) is 0. The van der Waals surface area contributed by atoms with Crippen LogP contribution in [0.1, 0.15) is 0 Å². The molecule has 0 saturated heterocycles. The fraction of sp³-hybridized carbons (Fsp3) is 0. The molecule has 3 N–H and O–H groups in total. The topological polar surface area (TPSA) is 77.8 Å². The second-order valence-electron chi connectivity index (χ2n) is 0.513. The van der Waals surface area contributed by atoms with E-state index in [1.54, 1.807) is 0 Å². The summed E-state index contributed by atoms with van der Waals surface area (Å²) < 4.78 is 8.88. The summed E-state index contributed by atoms with van der Waals surface area (Å²) in [6.07, 6.45) is 0. The summed E-state index contributed by atoms with van der Waals surface area (Å²) in [6, 6.07) is 0. The fourth-order valence-electron chi connectivity index (χ4n) is 0. The second-order valence-corrected chi connectivity index (χ2v) is 1.54. The number of hydrogen-bond acceptors (Lipinski definition) is 1. The van der Waals surface area contributed by atoms with Crippen LogP contribution in [-0.2, 0) is 31.9 Å². The first-order valence-corrected chi connectivity index (χ1v) is 2.35. The van der Waals surface area contributed by atoms with E-state index >= 15 is 0 Å². The van der Waals surface area contributed by atoms with Gasteiger partial charge in [-0.1, -0.05) is 0 Å². The van der Waals surface area contributed by atoms with Crippen LogP contribution in [-0.4, -0.2) is 52.4 Å². The van der Waals surface area contributed by atoms with E-state index in [0.29, 0.717) is 0 Å². The maximum absolute atomic E-state index is 8.88. The van der Waals surface area contributed by atoms with E-state index in [1.807, 2.05) is 0 Å². The molecule has 0 aromatic carbocycles. The van der Waals surface area contributed by atoms with Crippen molar-refractivity contribution in [2.45, 2.75) is 0 Å². The summed E-state index contributed by atoms with van der Waals surface area (Å²) in [5.74, 6) is 0. The fourth-order valence-corrected chi connectivity index (χ4v) is 0. The van der Waals surface area contributed by atoms with Crippen LogP contribution in [0.5, 0.6) is 0 Å². The van der Waals surface area contributed by atoms with Crippen molar-refractivity contribution in [3.8, 4) is 0 Å². The Bertz CT molecular complexity index is 57.8. The molecule has 0 amide bonds. The first kappa shape index (κ1) is 16.1. The van der Waals surface area contributed by atoms with Gasteiger partial charge in [0.1, 0.15) is 0 Å². The van der Waals surface area contributed by atoms with Crippen molar-refractivity contribution in [2.24, 2.45) is 0 Å². The van der Waals surface area contributed by atoms with Crippen molar-refractivity contribution in [2.75, 3.05) is 0 Å². The summed E-state index contributed by atoms with van der Waals surface area (Å²) >= 11 is 0. The Morgan fingerprint density at radius 3 is 1.14 bits per heavy atom. The van der Waals surface area contributed by atoms with Crippen LogP contribution in [0.3, 0.4) is 0 Å². The number of rotatable bonds is 0. The van der Waals surface area contributed by atoms with E-state index in [4.69, 9.17) is 19.2 Å². The number of hydrogen-bond donors (Lipinski definition) is 3. The molecule has 0 atom stereocenters. The largest absolute Gasteiger partial charge is 0 e. The van der Waals surface area contributed by atoms with Crippen LogP contribution in [0.2, 0.25) is 0 Å². The van der Waals surface area contributed by atoms with Gasteiger partial charge in [-0.3, -0.25) is 0 Å². The minimum Gasteiger partial charge on any atom is 0 e. The molecular weight excluding hydrogens is 247 g/mol. The third kappa shape index (κ3) is 62.5. The van der Waals surface area contributed by atoms with Gasteiger partial charge in [-0.15, -0.1) is 0 Å². The molecule has 0 unspecified atom stereocenters. The predicted octanol–water partition coefficient (Wildman–Crippen LogP) is -1.85. The second kappa shape index (κ2) is 6.41. The molecule has 0 aliphatic heterocycles. The molecule has 0 saturated carbocycles. The van der Waals surface area contributed by atoms with Crippen molar-refractivity contribution in [1.82, 2.24) is 0 Å². The Morgan fingerprint density at radius 1 is 1.14 bits per heavy atom. The van der Waals surface area contributed by atoms with Gasteiger partial charge in [0.15, 0.2) is 0 Å². The van der Waals surface area contributed by atoms with Crippen LogP contribution >= 0.6 is 7.82 Å². The molecule has 0 rings (SSSR count). The Morgan fingerprint density at radius 2 is 1.14 bits per heavy atom. The molecule has 0 radical (unpaired) electrons. The van der Waals surface area contributed by atoms with Gasteiger partial charge in [0.2, 0.25) is 0 Å². The van der Waals surface area contributed by atoms with Crippen molar-refractivity contribution in [1.29, 1.82) is 0 Å². The molecular formula is H5CaCdO4P. The average Bonchev–Trinajstić information content (AvgIpc) is 0.722. The summed E-state index contributed by atoms with van der Waals surface area (Å²) in [7, 11) is -4.64. The summed E-state index contributed by atoms with van der Waals surface area (Å²) in [5, 5.41) is 0. The van der Waals surface area contributed by atoms with Crippen LogP contribution in [0.25, 0.3) is 0 Å². The molecule has 0 fully saturated rings. The summed E-state index contributed by atoms with van der Waals surface area (Å²) in [4.78, 5) is 21.6. The Kier molecular flexibility index (Phi) is 14.8. The molecule has 7 heavy (non-hydrogen) atoms. The van der Waals surface area contributed by atoms with Crippen molar-refractivity contribution in [3.05, 3.63) is 0 Å². The molecule has 4 nitrogen and oxygen atoms in total. The quantitative estimate of drug-likeness (QED) is 0.349. The third-order valence-corrected chi connectivity index (χ3v) is 0. The van der Waals surface area contributed by atoms with E-state index in [-0.39, 0.29) is 65.0 Å². The molecule has 0 heterocycles. The zero-order valence-electron chi connectivity index (χ0n) is 2.90. The van der Waals surface area contributed by atoms with Crippen molar-refractivity contribution in [3.63, 3.8) is 0 Å². The maximum Gasteiger partial charge on any atom is 0 e. The first-order chi connectivity index (χ1) is 2.00. The average molecular weight is 252 g/mol. The zero-order chi connectivity index (χ0) is 4.50. The molecule has 7 heteroatoms. The Hall–Kier alpha value is 2.29. The predicted molar refractivity (Wildman–Crippen MR) is 22.8 cm³/mol.